The summed E-state index contributed by atoms with van der Waals surface area (Å²) in [5, 5.41) is 2.96. The molecule has 0 fully saturated rings. The summed E-state index contributed by atoms with van der Waals surface area (Å²) in [6, 6.07) is 8.38. The molecular weight excluding hydrogens is 248 g/mol. The molecule has 3 heteroatoms. The van der Waals surface area contributed by atoms with E-state index in [1.807, 2.05) is 0 Å². The molecule has 1 amide bonds. The van der Waals surface area contributed by atoms with Crippen LogP contribution in [0.15, 0.2) is 24.3 Å². The normalized spacial score (nSPS) is 10.8. The number of unbranched alkanes of at least 4 members (excludes halogenated alkanes) is 2. The highest BCUT2D eigenvalue weighted by molar-refractivity contribution is 5.78. The van der Waals surface area contributed by atoms with Crippen LogP contribution < -0.4 is 11.1 Å². The Bertz CT molecular complexity index is 384. The van der Waals surface area contributed by atoms with E-state index < -0.39 is 0 Å². The number of carbonyl (C=O) groups is 1. The van der Waals surface area contributed by atoms with Crippen molar-refractivity contribution >= 4 is 5.91 Å². The Hall–Kier alpha value is -1.35. The van der Waals surface area contributed by atoms with Gasteiger partial charge in [0.2, 0.25) is 5.91 Å². The number of rotatable bonds is 9. The molecule has 0 aliphatic carbocycles. The van der Waals surface area contributed by atoms with Gasteiger partial charge in [0.05, 0.1) is 6.42 Å². The molecule has 0 aliphatic rings. The SMILES string of the molecule is CC(C)Cc1ccc(CC(=O)NCCCCCN)cc1. The highest BCUT2D eigenvalue weighted by Gasteiger charge is 2.03. The van der Waals surface area contributed by atoms with Gasteiger partial charge in [0.25, 0.3) is 0 Å². The van der Waals surface area contributed by atoms with Crippen LogP contribution in [0.1, 0.15) is 44.2 Å². The summed E-state index contributed by atoms with van der Waals surface area (Å²) < 4.78 is 0. The van der Waals surface area contributed by atoms with Gasteiger partial charge in [-0.05, 0) is 42.9 Å². The third-order valence-electron chi connectivity index (χ3n) is 3.23. The maximum absolute atomic E-state index is 11.8. The molecule has 1 rings (SSSR count). The second-order valence-corrected chi connectivity index (χ2v) is 5.79. The first-order valence-corrected chi connectivity index (χ1v) is 7.66. The Morgan fingerprint density at radius 3 is 2.35 bits per heavy atom. The Balaban J connectivity index is 2.27. The van der Waals surface area contributed by atoms with Gasteiger partial charge < -0.3 is 11.1 Å². The predicted octanol–water partition coefficient (Wildman–Crippen LogP) is 2.67. The zero-order chi connectivity index (χ0) is 14.8. The molecule has 0 bridgehead atoms. The molecule has 3 nitrogen and oxygen atoms in total. The molecule has 20 heavy (non-hydrogen) atoms. The van der Waals surface area contributed by atoms with Crippen LogP contribution in [0.2, 0.25) is 0 Å². The molecule has 0 saturated heterocycles. The summed E-state index contributed by atoms with van der Waals surface area (Å²) in [6.45, 7) is 5.92. The molecule has 0 unspecified atom stereocenters. The standard InChI is InChI=1S/C17H28N2O/c1-14(2)12-15-6-8-16(9-7-15)13-17(20)19-11-5-3-4-10-18/h6-9,14H,3-5,10-13,18H2,1-2H3,(H,19,20). The molecule has 1 aromatic rings. The molecular formula is C17H28N2O. The molecule has 0 saturated carbocycles. The molecule has 112 valence electrons. The van der Waals surface area contributed by atoms with Crippen LogP contribution in [0.25, 0.3) is 0 Å². The Morgan fingerprint density at radius 1 is 1.10 bits per heavy atom. The van der Waals surface area contributed by atoms with Gasteiger partial charge in [0.15, 0.2) is 0 Å². The lowest BCUT2D eigenvalue weighted by atomic mass is 10.0. The summed E-state index contributed by atoms with van der Waals surface area (Å²) in [7, 11) is 0. The van der Waals surface area contributed by atoms with E-state index in [1.54, 1.807) is 0 Å². The molecule has 0 aromatic heterocycles. The van der Waals surface area contributed by atoms with E-state index in [9.17, 15) is 4.79 Å². The van der Waals surface area contributed by atoms with Gasteiger partial charge in [-0.15, -0.1) is 0 Å². The fourth-order valence-electron chi connectivity index (χ4n) is 2.19. The molecule has 3 N–H and O–H groups in total. The first-order valence-electron chi connectivity index (χ1n) is 7.66. The number of nitrogens with one attached hydrogen (secondary N) is 1. The summed E-state index contributed by atoms with van der Waals surface area (Å²) in [4.78, 5) is 11.8. The fourth-order valence-corrected chi connectivity index (χ4v) is 2.19. The van der Waals surface area contributed by atoms with Crippen LogP contribution in [0.5, 0.6) is 0 Å². The maximum atomic E-state index is 11.8. The molecule has 0 aliphatic heterocycles. The van der Waals surface area contributed by atoms with Gasteiger partial charge in [-0.2, -0.15) is 0 Å². The smallest absolute Gasteiger partial charge is 0.224 e. The van der Waals surface area contributed by atoms with Gasteiger partial charge in [-0.1, -0.05) is 44.5 Å². The average Bonchev–Trinajstić information content (AvgIpc) is 2.40. The van der Waals surface area contributed by atoms with Gasteiger partial charge in [0.1, 0.15) is 0 Å². The summed E-state index contributed by atoms with van der Waals surface area (Å²) in [6.07, 6.45) is 4.69. The monoisotopic (exact) mass is 276 g/mol. The number of hydrogen-bond donors (Lipinski definition) is 2. The van der Waals surface area contributed by atoms with Gasteiger partial charge >= 0.3 is 0 Å². The summed E-state index contributed by atoms with van der Waals surface area (Å²) in [5.74, 6) is 0.770. The Morgan fingerprint density at radius 2 is 1.75 bits per heavy atom. The van der Waals surface area contributed by atoms with Crippen LogP contribution in [0.3, 0.4) is 0 Å². The molecule has 1 aromatic carbocycles. The minimum absolute atomic E-state index is 0.106. The van der Waals surface area contributed by atoms with Crippen molar-refractivity contribution in [3.8, 4) is 0 Å². The van der Waals surface area contributed by atoms with Gasteiger partial charge in [-0.3, -0.25) is 4.79 Å². The lowest BCUT2D eigenvalue weighted by Crippen LogP contribution is -2.26. The van der Waals surface area contributed by atoms with Crippen LogP contribution in [0, 0.1) is 5.92 Å². The first-order chi connectivity index (χ1) is 9.61. The first kappa shape index (κ1) is 16.7. The third-order valence-corrected chi connectivity index (χ3v) is 3.23. The molecule has 0 spiro atoms. The van der Waals surface area contributed by atoms with E-state index in [0.29, 0.717) is 12.3 Å². The fraction of sp³-hybridized carbons (Fsp3) is 0.588. The van der Waals surface area contributed by atoms with Gasteiger partial charge in [-0.25, -0.2) is 0 Å². The van der Waals surface area contributed by atoms with Crippen LogP contribution in [-0.2, 0) is 17.6 Å². The minimum atomic E-state index is 0.106. The highest BCUT2D eigenvalue weighted by Crippen LogP contribution is 2.10. The summed E-state index contributed by atoms with van der Waals surface area (Å²) >= 11 is 0. The van der Waals surface area contributed by atoms with Crippen molar-refractivity contribution in [3.63, 3.8) is 0 Å². The van der Waals surface area contributed by atoms with Crippen molar-refractivity contribution in [2.75, 3.05) is 13.1 Å². The lowest BCUT2D eigenvalue weighted by Gasteiger charge is -2.07. The van der Waals surface area contributed by atoms with Crippen molar-refractivity contribution in [2.45, 2.75) is 46.0 Å². The van der Waals surface area contributed by atoms with Crippen LogP contribution >= 0.6 is 0 Å². The zero-order valence-corrected chi connectivity index (χ0v) is 12.8. The Labute approximate surface area is 122 Å². The number of carbonyl (C=O) groups excluding carboxylic acids is 1. The van der Waals surface area contributed by atoms with Gasteiger partial charge in [0, 0.05) is 6.54 Å². The Kier molecular flexibility index (Phi) is 7.97. The van der Waals surface area contributed by atoms with E-state index in [4.69, 9.17) is 5.73 Å². The number of amides is 1. The van der Waals surface area contributed by atoms with Crippen molar-refractivity contribution in [3.05, 3.63) is 35.4 Å². The quantitative estimate of drug-likeness (QED) is 0.681. The topological polar surface area (TPSA) is 55.1 Å². The van der Waals surface area contributed by atoms with E-state index in [0.717, 1.165) is 44.3 Å². The van der Waals surface area contributed by atoms with Crippen LogP contribution in [0.4, 0.5) is 0 Å². The molecule has 0 radical (unpaired) electrons. The van der Waals surface area contributed by atoms with E-state index in [-0.39, 0.29) is 5.91 Å². The second-order valence-electron chi connectivity index (χ2n) is 5.79. The largest absolute Gasteiger partial charge is 0.356 e. The lowest BCUT2D eigenvalue weighted by molar-refractivity contribution is -0.120. The minimum Gasteiger partial charge on any atom is -0.356 e. The average molecular weight is 276 g/mol. The zero-order valence-electron chi connectivity index (χ0n) is 12.8. The highest BCUT2D eigenvalue weighted by atomic mass is 16.1. The van der Waals surface area contributed by atoms with E-state index in [2.05, 4.69) is 43.4 Å². The third kappa shape index (κ3) is 7.29. The number of hydrogen-bond acceptors (Lipinski definition) is 2. The summed E-state index contributed by atoms with van der Waals surface area (Å²) in [5.41, 5.74) is 7.85. The molecule has 0 atom stereocenters. The van der Waals surface area contributed by atoms with E-state index >= 15 is 0 Å². The number of nitrogens with two attached hydrogens (primary N) is 1. The van der Waals surface area contributed by atoms with Crippen LogP contribution in [-0.4, -0.2) is 19.0 Å². The van der Waals surface area contributed by atoms with Crippen molar-refractivity contribution in [1.82, 2.24) is 5.32 Å². The van der Waals surface area contributed by atoms with Crippen molar-refractivity contribution < 1.29 is 4.79 Å². The van der Waals surface area contributed by atoms with Crippen molar-refractivity contribution in [2.24, 2.45) is 11.7 Å². The van der Waals surface area contributed by atoms with Crippen molar-refractivity contribution in [1.29, 1.82) is 0 Å². The maximum Gasteiger partial charge on any atom is 0.224 e. The molecule has 0 heterocycles. The predicted molar refractivity (Wildman–Crippen MR) is 84.6 cm³/mol. The number of benzene rings is 1. The van der Waals surface area contributed by atoms with E-state index in [1.165, 1.54) is 5.56 Å². The second kappa shape index (κ2) is 9.54.